The summed E-state index contributed by atoms with van der Waals surface area (Å²) in [6, 6.07) is 17.8. The number of hydrogen-bond donors (Lipinski definition) is 0. The van der Waals surface area contributed by atoms with Crippen molar-refractivity contribution in [3.8, 4) is 11.3 Å². The summed E-state index contributed by atoms with van der Waals surface area (Å²) in [5.74, 6) is 0.785. The van der Waals surface area contributed by atoms with Gasteiger partial charge in [0, 0.05) is 31.7 Å². The molecule has 3 aromatic rings. The molecule has 2 heterocycles. The predicted octanol–water partition coefficient (Wildman–Crippen LogP) is 3.84. The standard InChI is InChI=1S/C25H28N4O2S/c1-19-6-2-5-9-23(19)24-12-13-25(27-26-24)28-14-16-29(17-15-28)32(30,31)22-11-10-20-7-3-4-8-21(20)18-22/h2,5-6,9-13,18H,3-4,7-8,14-17H2,1H3. The number of sulfonamides is 1. The van der Waals surface area contributed by atoms with Crippen molar-refractivity contribution in [2.45, 2.75) is 37.5 Å². The summed E-state index contributed by atoms with van der Waals surface area (Å²) in [6.07, 6.45) is 4.36. The topological polar surface area (TPSA) is 66.4 Å². The van der Waals surface area contributed by atoms with Crippen LogP contribution in [0.3, 0.4) is 0 Å². The number of aromatic nitrogens is 2. The van der Waals surface area contributed by atoms with Gasteiger partial charge in [-0.25, -0.2) is 8.42 Å². The Morgan fingerprint density at radius 2 is 1.56 bits per heavy atom. The first-order valence-corrected chi connectivity index (χ1v) is 12.7. The third-order valence-corrected chi connectivity index (χ3v) is 8.49. The van der Waals surface area contributed by atoms with E-state index in [-0.39, 0.29) is 0 Å². The molecule has 2 aromatic carbocycles. The maximum absolute atomic E-state index is 13.2. The molecule has 0 N–H and O–H groups in total. The van der Waals surface area contributed by atoms with Gasteiger partial charge in [0.05, 0.1) is 10.6 Å². The molecule has 166 valence electrons. The van der Waals surface area contributed by atoms with E-state index < -0.39 is 10.0 Å². The molecule has 32 heavy (non-hydrogen) atoms. The van der Waals surface area contributed by atoms with Gasteiger partial charge in [-0.1, -0.05) is 30.3 Å². The van der Waals surface area contributed by atoms with Crippen molar-refractivity contribution in [2.24, 2.45) is 0 Å². The van der Waals surface area contributed by atoms with E-state index in [0.717, 1.165) is 41.9 Å². The normalized spacial score (nSPS) is 17.2. The number of hydrogen-bond acceptors (Lipinski definition) is 5. The molecular weight excluding hydrogens is 420 g/mol. The van der Waals surface area contributed by atoms with Crippen molar-refractivity contribution in [1.82, 2.24) is 14.5 Å². The second-order valence-corrected chi connectivity index (χ2v) is 10.6. The van der Waals surface area contributed by atoms with Gasteiger partial charge < -0.3 is 4.90 Å². The van der Waals surface area contributed by atoms with Gasteiger partial charge in [-0.2, -0.15) is 4.31 Å². The van der Waals surface area contributed by atoms with Crippen LogP contribution in [-0.2, 0) is 22.9 Å². The van der Waals surface area contributed by atoms with Crippen LogP contribution in [0, 0.1) is 6.92 Å². The van der Waals surface area contributed by atoms with Gasteiger partial charge in [-0.3, -0.25) is 0 Å². The Morgan fingerprint density at radius 1 is 0.812 bits per heavy atom. The van der Waals surface area contributed by atoms with Gasteiger partial charge in [0.15, 0.2) is 5.82 Å². The van der Waals surface area contributed by atoms with Crippen molar-refractivity contribution in [2.75, 3.05) is 31.1 Å². The minimum atomic E-state index is -3.48. The number of piperazine rings is 1. The Balaban J connectivity index is 1.27. The average molecular weight is 449 g/mol. The molecule has 1 aliphatic carbocycles. The third kappa shape index (κ3) is 4.02. The molecule has 0 atom stereocenters. The Kier molecular flexibility index (Phi) is 5.69. The summed E-state index contributed by atoms with van der Waals surface area (Å²) < 4.78 is 28.1. The molecule has 1 saturated heterocycles. The number of rotatable bonds is 4. The van der Waals surface area contributed by atoms with Gasteiger partial charge in [-0.15, -0.1) is 10.2 Å². The zero-order chi connectivity index (χ0) is 22.1. The SMILES string of the molecule is Cc1ccccc1-c1ccc(N2CCN(S(=O)(=O)c3ccc4c(c3)CCCC4)CC2)nn1. The Morgan fingerprint density at radius 3 is 2.28 bits per heavy atom. The van der Waals surface area contributed by atoms with Gasteiger partial charge >= 0.3 is 0 Å². The van der Waals surface area contributed by atoms with Crippen LogP contribution in [0.5, 0.6) is 0 Å². The average Bonchev–Trinajstić information content (AvgIpc) is 2.84. The lowest BCUT2D eigenvalue weighted by Crippen LogP contribution is -2.49. The summed E-state index contributed by atoms with van der Waals surface area (Å²) in [7, 11) is -3.48. The van der Waals surface area contributed by atoms with E-state index in [9.17, 15) is 8.42 Å². The number of fused-ring (bicyclic) bond motifs is 1. The molecule has 0 spiro atoms. The molecule has 0 unspecified atom stereocenters. The predicted molar refractivity (Wildman–Crippen MR) is 126 cm³/mol. The molecule has 1 aromatic heterocycles. The van der Waals surface area contributed by atoms with Crippen molar-refractivity contribution in [3.05, 3.63) is 71.3 Å². The molecular formula is C25H28N4O2S. The summed E-state index contributed by atoms with van der Waals surface area (Å²) >= 11 is 0. The number of anilines is 1. The van der Waals surface area contributed by atoms with Crippen LogP contribution in [0.25, 0.3) is 11.3 Å². The summed E-state index contributed by atoms with van der Waals surface area (Å²) in [5.41, 5.74) is 5.58. The summed E-state index contributed by atoms with van der Waals surface area (Å²) in [4.78, 5) is 2.53. The Hall–Kier alpha value is -2.77. The number of benzene rings is 2. The van der Waals surface area contributed by atoms with Crippen molar-refractivity contribution < 1.29 is 8.42 Å². The van der Waals surface area contributed by atoms with E-state index in [0.29, 0.717) is 31.1 Å². The highest BCUT2D eigenvalue weighted by atomic mass is 32.2. The maximum atomic E-state index is 13.2. The van der Waals surface area contributed by atoms with Crippen LogP contribution in [0.4, 0.5) is 5.82 Å². The Labute approximate surface area is 190 Å². The van der Waals surface area contributed by atoms with Gasteiger partial charge in [0.2, 0.25) is 10.0 Å². The lowest BCUT2D eigenvalue weighted by Gasteiger charge is -2.34. The highest BCUT2D eigenvalue weighted by Gasteiger charge is 2.29. The quantitative estimate of drug-likeness (QED) is 0.607. The minimum Gasteiger partial charge on any atom is -0.352 e. The second-order valence-electron chi connectivity index (χ2n) is 8.62. The smallest absolute Gasteiger partial charge is 0.243 e. The first kappa shape index (κ1) is 21.1. The highest BCUT2D eigenvalue weighted by molar-refractivity contribution is 7.89. The fourth-order valence-corrected chi connectivity index (χ4v) is 6.15. The molecule has 0 amide bonds. The molecule has 0 bridgehead atoms. The zero-order valence-electron chi connectivity index (χ0n) is 18.4. The first-order valence-electron chi connectivity index (χ1n) is 11.3. The van der Waals surface area contributed by atoms with Crippen LogP contribution in [0.1, 0.15) is 29.5 Å². The first-order chi connectivity index (χ1) is 15.5. The van der Waals surface area contributed by atoms with Gasteiger partial charge in [-0.05, 0) is 73.6 Å². The molecule has 2 aliphatic rings. The van der Waals surface area contributed by atoms with E-state index in [1.54, 1.807) is 10.4 Å². The van der Waals surface area contributed by atoms with Crippen LogP contribution < -0.4 is 4.90 Å². The number of aryl methyl sites for hydroxylation is 3. The summed E-state index contributed by atoms with van der Waals surface area (Å²) in [6.45, 7) is 4.15. The summed E-state index contributed by atoms with van der Waals surface area (Å²) in [5, 5.41) is 8.84. The molecule has 1 fully saturated rings. The fourth-order valence-electron chi connectivity index (χ4n) is 4.67. The van der Waals surface area contributed by atoms with E-state index >= 15 is 0 Å². The molecule has 0 saturated carbocycles. The Bertz CT molecular complexity index is 1220. The largest absolute Gasteiger partial charge is 0.352 e. The minimum absolute atomic E-state index is 0.425. The fraction of sp³-hybridized carbons (Fsp3) is 0.360. The van der Waals surface area contributed by atoms with Crippen molar-refractivity contribution in [1.29, 1.82) is 0 Å². The lowest BCUT2D eigenvalue weighted by molar-refractivity contribution is 0.383. The number of nitrogens with zero attached hydrogens (tertiary/aromatic N) is 4. The van der Waals surface area contributed by atoms with Crippen molar-refractivity contribution >= 4 is 15.8 Å². The van der Waals surface area contributed by atoms with E-state index in [4.69, 9.17) is 0 Å². The van der Waals surface area contributed by atoms with E-state index in [2.05, 4.69) is 28.1 Å². The molecule has 5 rings (SSSR count). The van der Waals surface area contributed by atoms with Crippen LogP contribution in [0.2, 0.25) is 0 Å². The highest BCUT2D eigenvalue weighted by Crippen LogP contribution is 2.27. The van der Waals surface area contributed by atoms with E-state index in [1.807, 2.05) is 42.5 Å². The lowest BCUT2D eigenvalue weighted by atomic mass is 9.92. The second kappa shape index (κ2) is 8.64. The third-order valence-electron chi connectivity index (χ3n) is 6.59. The van der Waals surface area contributed by atoms with Gasteiger partial charge in [0.1, 0.15) is 0 Å². The molecule has 7 heteroatoms. The van der Waals surface area contributed by atoms with Crippen LogP contribution in [0.15, 0.2) is 59.5 Å². The van der Waals surface area contributed by atoms with Gasteiger partial charge in [0.25, 0.3) is 0 Å². The van der Waals surface area contributed by atoms with Crippen molar-refractivity contribution in [3.63, 3.8) is 0 Å². The monoisotopic (exact) mass is 448 g/mol. The zero-order valence-corrected chi connectivity index (χ0v) is 19.2. The maximum Gasteiger partial charge on any atom is 0.243 e. The molecule has 1 aliphatic heterocycles. The van der Waals surface area contributed by atoms with E-state index in [1.165, 1.54) is 17.5 Å². The van der Waals surface area contributed by atoms with Crippen LogP contribution >= 0.6 is 0 Å². The van der Waals surface area contributed by atoms with Crippen LogP contribution in [-0.4, -0.2) is 49.1 Å². The molecule has 6 nitrogen and oxygen atoms in total. The molecule has 0 radical (unpaired) electrons.